The van der Waals surface area contributed by atoms with Gasteiger partial charge in [0.2, 0.25) is 0 Å². The third-order valence-electron chi connectivity index (χ3n) is 2.93. The molecule has 1 N–H and O–H groups in total. The van der Waals surface area contributed by atoms with E-state index in [4.69, 9.17) is 4.99 Å². The van der Waals surface area contributed by atoms with Crippen molar-refractivity contribution in [3.8, 4) is 0 Å². The first-order valence-corrected chi connectivity index (χ1v) is 7.94. The number of nitrogens with one attached hydrogen (secondary N) is 1. The van der Waals surface area contributed by atoms with Crippen LogP contribution in [0.1, 0.15) is 26.7 Å². The number of hydrogen-bond donors (Lipinski definition) is 1. The minimum absolute atomic E-state index is 0.536. The van der Waals surface area contributed by atoms with E-state index in [9.17, 15) is 0 Å². The largest absolute Gasteiger partial charge is 0.361 e. The van der Waals surface area contributed by atoms with Gasteiger partial charge in [0.15, 0.2) is 5.17 Å². The second-order valence-electron chi connectivity index (χ2n) is 4.62. The number of thioether (sulfide) groups is 2. The first-order valence-electron chi connectivity index (χ1n) is 5.80. The van der Waals surface area contributed by atoms with Crippen LogP contribution in [0.3, 0.4) is 0 Å². The zero-order valence-corrected chi connectivity index (χ0v) is 11.2. The van der Waals surface area contributed by atoms with Crippen LogP contribution in [0.2, 0.25) is 0 Å². The number of hydrogen-bond acceptors (Lipinski definition) is 4. The van der Waals surface area contributed by atoms with Crippen molar-refractivity contribution in [3.05, 3.63) is 0 Å². The summed E-state index contributed by atoms with van der Waals surface area (Å²) in [5, 5.41) is 4.79. The predicted octanol–water partition coefficient (Wildman–Crippen LogP) is 2.60. The Balaban J connectivity index is 1.81. The highest BCUT2D eigenvalue weighted by atomic mass is 32.2. The molecule has 15 heavy (non-hydrogen) atoms. The van der Waals surface area contributed by atoms with Gasteiger partial charge in [-0.2, -0.15) is 11.8 Å². The molecular formula is C11H20N2S2. The molecule has 0 aliphatic carbocycles. The van der Waals surface area contributed by atoms with Crippen LogP contribution in [-0.2, 0) is 0 Å². The summed E-state index contributed by atoms with van der Waals surface area (Å²) in [5.74, 6) is 4.44. The molecule has 86 valence electrons. The Morgan fingerprint density at radius 1 is 1.40 bits per heavy atom. The molecule has 1 fully saturated rings. The van der Waals surface area contributed by atoms with Crippen molar-refractivity contribution in [3.63, 3.8) is 0 Å². The monoisotopic (exact) mass is 244 g/mol. The summed E-state index contributed by atoms with van der Waals surface area (Å²) >= 11 is 3.97. The lowest BCUT2D eigenvalue weighted by molar-refractivity contribution is 0.538. The fourth-order valence-electron chi connectivity index (χ4n) is 1.84. The molecular weight excluding hydrogens is 224 g/mol. The molecule has 2 nitrogen and oxygen atoms in total. The summed E-state index contributed by atoms with van der Waals surface area (Å²) in [6, 6.07) is 1.20. The van der Waals surface area contributed by atoms with Gasteiger partial charge in [-0.05, 0) is 24.5 Å². The van der Waals surface area contributed by atoms with Gasteiger partial charge < -0.3 is 5.32 Å². The minimum Gasteiger partial charge on any atom is -0.361 e. The predicted molar refractivity (Wildman–Crippen MR) is 72.0 cm³/mol. The van der Waals surface area contributed by atoms with Gasteiger partial charge >= 0.3 is 0 Å². The van der Waals surface area contributed by atoms with Gasteiger partial charge in [0.25, 0.3) is 0 Å². The van der Waals surface area contributed by atoms with Gasteiger partial charge in [-0.25, -0.2) is 0 Å². The normalized spacial score (nSPS) is 31.8. The molecule has 0 bridgehead atoms. The Morgan fingerprint density at radius 2 is 2.27 bits per heavy atom. The molecule has 2 aliphatic rings. The van der Waals surface area contributed by atoms with E-state index in [0.717, 1.165) is 0 Å². The Kier molecular flexibility index (Phi) is 4.26. The second kappa shape index (κ2) is 5.48. The van der Waals surface area contributed by atoms with Crippen LogP contribution >= 0.6 is 23.5 Å². The van der Waals surface area contributed by atoms with Crippen molar-refractivity contribution in [2.45, 2.75) is 38.8 Å². The zero-order chi connectivity index (χ0) is 10.7. The van der Waals surface area contributed by atoms with Gasteiger partial charge in [-0.1, -0.05) is 25.6 Å². The fourth-order valence-corrected chi connectivity index (χ4v) is 4.16. The molecule has 0 aromatic carbocycles. The van der Waals surface area contributed by atoms with Crippen LogP contribution in [0, 0.1) is 5.92 Å². The average molecular weight is 244 g/mol. The highest BCUT2D eigenvalue weighted by Gasteiger charge is 2.23. The second-order valence-corrected chi connectivity index (χ2v) is 6.77. The van der Waals surface area contributed by atoms with Crippen LogP contribution in [0.25, 0.3) is 0 Å². The average Bonchev–Trinajstić information content (AvgIpc) is 2.68. The van der Waals surface area contributed by atoms with Gasteiger partial charge in [-0.15, -0.1) is 0 Å². The maximum Gasteiger partial charge on any atom is 0.157 e. The molecule has 2 atom stereocenters. The maximum absolute atomic E-state index is 4.74. The highest BCUT2D eigenvalue weighted by Crippen LogP contribution is 2.24. The lowest BCUT2D eigenvalue weighted by atomic mass is 10.1. The van der Waals surface area contributed by atoms with Crippen LogP contribution in [-0.4, -0.2) is 34.5 Å². The van der Waals surface area contributed by atoms with Crippen molar-refractivity contribution < 1.29 is 0 Å². The molecule has 2 heterocycles. The van der Waals surface area contributed by atoms with Gasteiger partial charge in [0.05, 0.1) is 6.04 Å². The minimum atomic E-state index is 0.536. The summed E-state index contributed by atoms with van der Waals surface area (Å²) < 4.78 is 0. The SMILES string of the molecule is CC(C)[C@H]1CSC(NC2CCCSC2)=N1. The highest BCUT2D eigenvalue weighted by molar-refractivity contribution is 8.14. The Morgan fingerprint density at radius 3 is 2.87 bits per heavy atom. The third kappa shape index (κ3) is 3.31. The zero-order valence-electron chi connectivity index (χ0n) is 9.53. The van der Waals surface area contributed by atoms with E-state index in [2.05, 4.69) is 30.9 Å². The lowest BCUT2D eigenvalue weighted by Gasteiger charge is -2.22. The van der Waals surface area contributed by atoms with Gasteiger partial charge in [-0.3, -0.25) is 4.99 Å². The Labute approximate surface area is 101 Å². The van der Waals surface area contributed by atoms with Crippen LogP contribution in [0.15, 0.2) is 4.99 Å². The topological polar surface area (TPSA) is 24.4 Å². The summed E-state index contributed by atoms with van der Waals surface area (Å²) in [6.45, 7) is 4.52. The van der Waals surface area contributed by atoms with Crippen molar-refractivity contribution in [2.24, 2.45) is 10.9 Å². The van der Waals surface area contributed by atoms with Crippen molar-refractivity contribution >= 4 is 28.7 Å². The van der Waals surface area contributed by atoms with Crippen molar-refractivity contribution in [1.29, 1.82) is 0 Å². The molecule has 2 aliphatic heterocycles. The first kappa shape index (κ1) is 11.6. The summed E-state index contributed by atoms with van der Waals surface area (Å²) in [6.07, 6.45) is 2.67. The molecule has 0 amide bonds. The molecule has 1 unspecified atom stereocenters. The number of aliphatic imine (C=N–C) groups is 1. The quantitative estimate of drug-likeness (QED) is 0.808. The number of amidine groups is 1. The lowest BCUT2D eigenvalue weighted by Crippen LogP contribution is -2.36. The fraction of sp³-hybridized carbons (Fsp3) is 0.909. The molecule has 1 saturated heterocycles. The van der Waals surface area contributed by atoms with Crippen LogP contribution < -0.4 is 5.32 Å². The van der Waals surface area contributed by atoms with E-state index in [1.54, 1.807) is 0 Å². The molecule has 0 aromatic heterocycles. The Hall–Kier alpha value is 0.170. The van der Waals surface area contributed by atoms with Crippen molar-refractivity contribution in [1.82, 2.24) is 5.32 Å². The summed E-state index contributed by atoms with van der Waals surface area (Å²) in [4.78, 5) is 4.74. The standard InChI is InChI=1S/C11H20N2S2/c1-8(2)10-7-15-11(13-10)12-9-4-3-5-14-6-9/h8-10H,3-7H2,1-2H3,(H,12,13)/t9?,10-/m1/s1. The van der Waals surface area contributed by atoms with E-state index in [1.165, 1.54) is 35.3 Å². The van der Waals surface area contributed by atoms with Gasteiger partial charge in [0, 0.05) is 17.5 Å². The smallest absolute Gasteiger partial charge is 0.157 e. The van der Waals surface area contributed by atoms with Crippen LogP contribution in [0.5, 0.6) is 0 Å². The van der Waals surface area contributed by atoms with E-state index in [0.29, 0.717) is 18.0 Å². The van der Waals surface area contributed by atoms with Gasteiger partial charge in [0.1, 0.15) is 0 Å². The van der Waals surface area contributed by atoms with E-state index in [-0.39, 0.29) is 0 Å². The molecule has 0 aromatic rings. The van der Waals surface area contributed by atoms with E-state index >= 15 is 0 Å². The molecule has 4 heteroatoms. The molecule has 0 spiro atoms. The Bertz CT molecular complexity index is 235. The summed E-state index contributed by atoms with van der Waals surface area (Å²) in [7, 11) is 0. The first-order chi connectivity index (χ1) is 7.25. The number of rotatable bonds is 2. The van der Waals surface area contributed by atoms with E-state index in [1.807, 2.05) is 11.8 Å². The molecule has 0 saturated carbocycles. The maximum atomic E-state index is 4.74. The third-order valence-corrected chi connectivity index (χ3v) is 5.15. The molecule has 2 rings (SSSR count). The van der Waals surface area contributed by atoms with E-state index < -0.39 is 0 Å². The number of nitrogens with zero attached hydrogens (tertiary/aromatic N) is 1. The summed E-state index contributed by atoms with van der Waals surface area (Å²) in [5.41, 5.74) is 0. The van der Waals surface area contributed by atoms with Crippen LogP contribution in [0.4, 0.5) is 0 Å². The molecule has 0 radical (unpaired) electrons. The van der Waals surface area contributed by atoms with Crippen molar-refractivity contribution in [2.75, 3.05) is 17.3 Å².